The molecule has 138 valence electrons. The summed E-state index contributed by atoms with van der Waals surface area (Å²) in [4.78, 5) is 31.3. The van der Waals surface area contributed by atoms with E-state index in [-0.39, 0.29) is 11.7 Å². The average Bonchev–Trinajstić information content (AvgIpc) is 3.04. The molecule has 2 aromatic heterocycles. The fourth-order valence-corrected chi connectivity index (χ4v) is 3.20. The number of nitrogens with zero attached hydrogens (tertiary/aromatic N) is 6. The minimum atomic E-state index is -0.562. The lowest BCUT2D eigenvalue weighted by atomic mass is 10.2. The Kier molecular flexibility index (Phi) is 5.27. The van der Waals surface area contributed by atoms with Gasteiger partial charge in [-0.25, -0.2) is 0 Å². The maximum atomic E-state index is 12.8. The van der Waals surface area contributed by atoms with Gasteiger partial charge in [-0.2, -0.15) is 4.68 Å². The molecule has 1 fully saturated rings. The molecular formula is C17H22N6O3. The zero-order valence-electron chi connectivity index (χ0n) is 14.9. The molecule has 1 saturated heterocycles. The molecule has 9 heteroatoms. The standard InChI is InChI=1S/C17H22N6O3/c1-13-10-16(23(25)26)19-22(13)14(2)17(24)21-8-6-20(7-9-21)12-15-4-3-5-18-11-15/h3-5,10-11,14H,6-9,12H2,1-2H3. The largest absolute Gasteiger partial charge is 0.390 e. The van der Waals surface area contributed by atoms with Crippen LogP contribution < -0.4 is 0 Å². The number of aryl methyl sites for hydroxylation is 1. The first-order chi connectivity index (χ1) is 12.5. The van der Waals surface area contributed by atoms with Gasteiger partial charge in [0.25, 0.3) is 0 Å². The predicted molar refractivity (Wildman–Crippen MR) is 94.4 cm³/mol. The third kappa shape index (κ3) is 3.88. The normalized spacial score (nSPS) is 16.5. The van der Waals surface area contributed by atoms with Crippen LogP contribution in [0.3, 0.4) is 0 Å². The first-order valence-electron chi connectivity index (χ1n) is 8.56. The third-order valence-corrected chi connectivity index (χ3v) is 4.63. The number of nitro groups is 1. The Balaban J connectivity index is 1.58. The van der Waals surface area contributed by atoms with Crippen molar-refractivity contribution in [2.75, 3.05) is 26.2 Å². The molecule has 9 nitrogen and oxygen atoms in total. The molecule has 0 radical (unpaired) electrons. The number of amides is 1. The van der Waals surface area contributed by atoms with E-state index in [0.717, 1.165) is 25.2 Å². The summed E-state index contributed by atoms with van der Waals surface area (Å²) in [6.45, 7) is 7.09. The molecule has 1 aliphatic heterocycles. The average molecular weight is 358 g/mol. The second kappa shape index (κ2) is 7.61. The third-order valence-electron chi connectivity index (χ3n) is 4.63. The molecule has 3 rings (SSSR count). The lowest BCUT2D eigenvalue weighted by Crippen LogP contribution is -2.50. The van der Waals surface area contributed by atoms with Gasteiger partial charge in [0.1, 0.15) is 6.04 Å². The number of hydrogen-bond donors (Lipinski definition) is 0. The summed E-state index contributed by atoms with van der Waals surface area (Å²) in [6, 6.07) is 4.78. The second-order valence-corrected chi connectivity index (χ2v) is 6.48. The van der Waals surface area contributed by atoms with Crippen LogP contribution in [0.2, 0.25) is 0 Å². The van der Waals surface area contributed by atoms with Gasteiger partial charge in [-0.15, -0.1) is 0 Å². The highest BCUT2D eigenvalue weighted by Crippen LogP contribution is 2.19. The molecule has 0 saturated carbocycles. The lowest BCUT2D eigenvalue weighted by Gasteiger charge is -2.35. The number of hydrogen-bond acceptors (Lipinski definition) is 6. The number of piperazine rings is 1. The van der Waals surface area contributed by atoms with Crippen molar-refractivity contribution in [3.05, 3.63) is 52.0 Å². The molecule has 0 spiro atoms. The van der Waals surface area contributed by atoms with Gasteiger partial charge in [-0.1, -0.05) is 6.07 Å². The highest BCUT2D eigenvalue weighted by atomic mass is 16.6. The Bertz CT molecular complexity index is 783. The van der Waals surface area contributed by atoms with Crippen molar-refractivity contribution in [3.8, 4) is 0 Å². The van der Waals surface area contributed by atoms with Crippen LogP contribution in [-0.4, -0.2) is 61.6 Å². The summed E-state index contributed by atoms with van der Waals surface area (Å²) in [7, 11) is 0. The van der Waals surface area contributed by atoms with Crippen LogP contribution in [0, 0.1) is 17.0 Å². The van der Waals surface area contributed by atoms with Gasteiger partial charge >= 0.3 is 5.82 Å². The molecule has 26 heavy (non-hydrogen) atoms. The smallest absolute Gasteiger partial charge is 0.358 e. The number of rotatable bonds is 5. The minimum absolute atomic E-state index is 0.0628. The fraction of sp³-hybridized carbons (Fsp3) is 0.471. The van der Waals surface area contributed by atoms with Crippen LogP contribution in [0.25, 0.3) is 0 Å². The maximum Gasteiger partial charge on any atom is 0.390 e. The monoisotopic (exact) mass is 358 g/mol. The van der Waals surface area contributed by atoms with E-state index in [2.05, 4.69) is 15.0 Å². The van der Waals surface area contributed by atoms with E-state index < -0.39 is 11.0 Å². The Hall–Kier alpha value is -2.81. The van der Waals surface area contributed by atoms with Crippen molar-refractivity contribution in [2.45, 2.75) is 26.4 Å². The van der Waals surface area contributed by atoms with Gasteiger partial charge in [-0.3, -0.25) is 14.7 Å². The molecule has 2 aromatic rings. The van der Waals surface area contributed by atoms with Crippen LogP contribution in [0.15, 0.2) is 30.6 Å². The summed E-state index contributed by atoms with van der Waals surface area (Å²) < 4.78 is 1.43. The Labute approximate surface area is 151 Å². The van der Waals surface area contributed by atoms with Gasteiger partial charge in [0.2, 0.25) is 5.91 Å². The number of aromatic nitrogens is 3. The molecule has 0 bridgehead atoms. The summed E-state index contributed by atoms with van der Waals surface area (Å²) >= 11 is 0. The number of pyridine rings is 1. The molecule has 1 amide bonds. The van der Waals surface area contributed by atoms with Crippen molar-refractivity contribution < 1.29 is 9.72 Å². The topological polar surface area (TPSA) is 97.4 Å². The van der Waals surface area contributed by atoms with Gasteiger partial charge in [0.05, 0.1) is 16.9 Å². The second-order valence-electron chi connectivity index (χ2n) is 6.48. The quantitative estimate of drug-likeness (QED) is 0.592. The summed E-state index contributed by atoms with van der Waals surface area (Å²) in [6.07, 6.45) is 3.61. The molecule has 1 atom stereocenters. The zero-order valence-corrected chi connectivity index (χ0v) is 14.9. The van der Waals surface area contributed by atoms with E-state index in [1.807, 2.05) is 18.3 Å². The van der Waals surface area contributed by atoms with Gasteiger partial charge in [0, 0.05) is 45.1 Å². The number of carbonyl (C=O) groups excluding carboxylic acids is 1. The molecule has 1 unspecified atom stereocenters. The molecule has 0 aromatic carbocycles. The zero-order chi connectivity index (χ0) is 18.7. The number of carbonyl (C=O) groups is 1. The maximum absolute atomic E-state index is 12.8. The van der Waals surface area contributed by atoms with Crippen LogP contribution in [0.4, 0.5) is 5.82 Å². The lowest BCUT2D eigenvalue weighted by molar-refractivity contribution is -0.389. The van der Waals surface area contributed by atoms with Crippen molar-refractivity contribution in [3.63, 3.8) is 0 Å². The van der Waals surface area contributed by atoms with Gasteiger partial charge < -0.3 is 15.0 Å². The molecule has 0 N–H and O–H groups in total. The van der Waals surface area contributed by atoms with E-state index in [0.29, 0.717) is 18.8 Å². The van der Waals surface area contributed by atoms with E-state index in [1.165, 1.54) is 10.7 Å². The highest BCUT2D eigenvalue weighted by molar-refractivity contribution is 5.80. The van der Waals surface area contributed by atoms with E-state index in [9.17, 15) is 14.9 Å². The summed E-state index contributed by atoms with van der Waals surface area (Å²) in [5, 5.41) is 14.8. The molecular weight excluding hydrogens is 336 g/mol. The van der Waals surface area contributed by atoms with E-state index in [1.54, 1.807) is 24.9 Å². The van der Waals surface area contributed by atoms with E-state index in [4.69, 9.17) is 0 Å². The van der Waals surface area contributed by atoms with Crippen molar-refractivity contribution in [1.82, 2.24) is 24.6 Å². The summed E-state index contributed by atoms with van der Waals surface area (Å²) in [5.41, 5.74) is 1.76. The molecule has 0 aliphatic carbocycles. The van der Waals surface area contributed by atoms with Crippen molar-refractivity contribution >= 4 is 11.7 Å². The van der Waals surface area contributed by atoms with Crippen molar-refractivity contribution in [2.24, 2.45) is 0 Å². The minimum Gasteiger partial charge on any atom is -0.358 e. The first kappa shape index (κ1) is 18.0. The molecule has 3 heterocycles. The van der Waals surface area contributed by atoms with Crippen LogP contribution in [0.1, 0.15) is 24.2 Å². The fourth-order valence-electron chi connectivity index (χ4n) is 3.20. The van der Waals surface area contributed by atoms with E-state index >= 15 is 0 Å². The first-order valence-corrected chi connectivity index (χ1v) is 8.56. The van der Waals surface area contributed by atoms with Crippen LogP contribution >= 0.6 is 0 Å². The molecule has 1 aliphatic rings. The van der Waals surface area contributed by atoms with Gasteiger partial charge in [0.15, 0.2) is 0 Å². The van der Waals surface area contributed by atoms with Crippen molar-refractivity contribution in [1.29, 1.82) is 0 Å². The Morgan fingerprint density at radius 1 is 1.35 bits per heavy atom. The van der Waals surface area contributed by atoms with Gasteiger partial charge in [-0.05, 0) is 30.4 Å². The summed E-state index contributed by atoms with van der Waals surface area (Å²) in [5.74, 6) is -0.296. The van der Waals surface area contributed by atoms with Crippen LogP contribution in [-0.2, 0) is 11.3 Å². The highest BCUT2D eigenvalue weighted by Gasteiger charge is 2.30. The predicted octanol–water partition coefficient (Wildman–Crippen LogP) is 1.40. The SMILES string of the molecule is Cc1cc([N+](=O)[O-])nn1C(C)C(=O)N1CCN(Cc2cccnc2)CC1. The Morgan fingerprint density at radius 2 is 2.08 bits per heavy atom. The Morgan fingerprint density at radius 3 is 2.65 bits per heavy atom. The van der Waals surface area contributed by atoms with Crippen LogP contribution in [0.5, 0.6) is 0 Å².